The molecular weight excluding hydrogens is 557 g/mol. The van der Waals surface area contributed by atoms with Crippen LogP contribution in [0, 0.1) is 5.92 Å². The largest absolute Gasteiger partial charge is 0.417 e. The first-order valence-corrected chi connectivity index (χ1v) is 13.3. The molecule has 1 aromatic rings. The summed E-state index contributed by atoms with van der Waals surface area (Å²) in [6, 6.07) is -2.13. The summed E-state index contributed by atoms with van der Waals surface area (Å²) in [6.07, 6.45) is -2.73. The number of nitrogens with one attached hydrogen (secondary N) is 2. The van der Waals surface area contributed by atoms with Gasteiger partial charge in [-0.05, 0) is 59.4 Å². The van der Waals surface area contributed by atoms with E-state index in [1.807, 2.05) is 6.92 Å². The van der Waals surface area contributed by atoms with Gasteiger partial charge in [0.15, 0.2) is 6.04 Å². The maximum atomic E-state index is 14.2. The number of carbonyl (C=O) groups excluding carboxylic acids is 2. The number of amides is 2. The number of hydrogen-bond acceptors (Lipinski definition) is 7. The van der Waals surface area contributed by atoms with E-state index in [9.17, 15) is 36.6 Å². The molecule has 222 valence electrons. The Balaban J connectivity index is 2.01. The maximum Gasteiger partial charge on any atom is 0.417 e. The van der Waals surface area contributed by atoms with E-state index >= 15 is 0 Å². The average molecular weight is 592 g/mol. The smallest absolute Gasteiger partial charge is 0.389 e. The minimum absolute atomic E-state index is 0.0281. The summed E-state index contributed by atoms with van der Waals surface area (Å²) in [6.45, 7) is 6.16. The number of likely N-dealkylation sites (tertiary alicyclic amines) is 1. The lowest BCUT2D eigenvalue weighted by molar-refractivity contribution is -0.138. The van der Waals surface area contributed by atoms with Crippen LogP contribution in [0.1, 0.15) is 65.0 Å². The number of thiocarbonyl (C=S) groups is 1. The molecule has 1 aliphatic carbocycles. The SMILES string of the molecule is CC(=NC(C(=O)N1CC(F)(F)C[C@@H]1C)C(=S)c1cnc(N[C@@H](C)C2CC2)cc1C(F)(F)F)C(=O)NCC(C)(C)O. The lowest BCUT2D eigenvalue weighted by atomic mass is 10.00. The Morgan fingerprint density at radius 3 is 2.42 bits per heavy atom. The fraction of sp³-hybridized carbons (Fsp3) is 0.654. The number of rotatable bonds is 10. The fourth-order valence-corrected chi connectivity index (χ4v) is 4.74. The Morgan fingerprint density at radius 1 is 1.30 bits per heavy atom. The molecule has 3 atom stereocenters. The quantitative estimate of drug-likeness (QED) is 0.164. The van der Waals surface area contributed by atoms with Gasteiger partial charge in [-0.3, -0.25) is 14.6 Å². The van der Waals surface area contributed by atoms with Crippen molar-refractivity contribution in [2.45, 2.75) is 89.7 Å². The van der Waals surface area contributed by atoms with Crippen LogP contribution in [0.15, 0.2) is 17.3 Å². The predicted octanol–water partition coefficient (Wildman–Crippen LogP) is 4.00. The van der Waals surface area contributed by atoms with Gasteiger partial charge in [0.2, 0.25) is 0 Å². The number of aliphatic hydroxyl groups is 1. The fourth-order valence-electron chi connectivity index (χ4n) is 4.43. The molecule has 0 radical (unpaired) electrons. The summed E-state index contributed by atoms with van der Waals surface area (Å²) in [4.78, 5) is 34.4. The van der Waals surface area contributed by atoms with Gasteiger partial charge in [-0.1, -0.05) is 12.2 Å². The molecule has 1 aliphatic heterocycles. The summed E-state index contributed by atoms with van der Waals surface area (Å²) < 4.78 is 70.8. The van der Waals surface area contributed by atoms with Crippen LogP contribution in [0.25, 0.3) is 0 Å². The average Bonchev–Trinajstić information content (AvgIpc) is 3.63. The molecule has 2 aliphatic rings. The second-order valence-electron chi connectivity index (χ2n) is 11.2. The van der Waals surface area contributed by atoms with Crippen molar-refractivity contribution in [3.63, 3.8) is 0 Å². The van der Waals surface area contributed by atoms with Gasteiger partial charge < -0.3 is 20.6 Å². The summed E-state index contributed by atoms with van der Waals surface area (Å²) in [5.41, 5.74) is -3.40. The number of carbonyl (C=O) groups is 2. The van der Waals surface area contributed by atoms with Crippen molar-refractivity contribution in [2.75, 3.05) is 18.4 Å². The number of aromatic nitrogens is 1. The Labute approximate surface area is 234 Å². The predicted molar refractivity (Wildman–Crippen MR) is 144 cm³/mol. The van der Waals surface area contributed by atoms with Gasteiger partial charge in [0.1, 0.15) is 5.82 Å². The highest BCUT2D eigenvalue weighted by Crippen LogP contribution is 2.37. The topological polar surface area (TPSA) is 107 Å². The highest BCUT2D eigenvalue weighted by Gasteiger charge is 2.47. The Kier molecular flexibility index (Phi) is 9.24. The summed E-state index contributed by atoms with van der Waals surface area (Å²) in [5, 5.41) is 15.2. The number of halogens is 5. The van der Waals surface area contributed by atoms with Gasteiger partial charge >= 0.3 is 6.18 Å². The lowest BCUT2D eigenvalue weighted by Gasteiger charge is -2.26. The highest BCUT2D eigenvalue weighted by atomic mass is 32.1. The minimum atomic E-state index is -4.90. The summed E-state index contributed by atoms with van der Waals surface area (Å²) >= 11 is 5.34. The van der Waals surface area contributed by atoms with E-state index in [0.29, 0.717) is 5.92 Å². The van der Waals surface area contributed by atoms with Crippen molar-refractivity contribution in [3.8, 4) is 0 Å². The van der Waals surface area contributed by atoms with Gasteiger partial charge in [-0.25, -0.2) is 13.8 Å². The standard InChI is InChI=1S/C26H34F5N5O3S/c1-13-9-25(27,28)12-36(13)23(38)20(35-15(3)22(37)33-11-24(4,5)39)21(40)17-10-32-19(8-18(17)26(29,30)31)34-14(2)16-6-7-16/h8,10,13-14,16,20,39H,6-7,9,11-12H2,1-5H3,(H,32,34)(H,33,37)/t13-,14-,20?/m0/s1. The van der Waals surface area contributed by atoms with Gasteiger partial charge in [0, 0.05) is 36.8 Å². The second-order valence-corrected chi connectivity index (χ2v) is 11.7. The van der Waals surface area contributed by atoms with Crippen molar-refractivity contribution < 1.29 is 36.6 Å². The van der Waals surface area contributed by atoms with E-state index in [2.05, 4.69) is 20.6 Å². The van der Waals surface area contributed by atoms with Crippen LogP contribution in [0.4, 0.5) is 27.8 Å². The Hall–Kier alpha value is -2.74. The summed E-state index contributed by atoms with van der Waals surface area (Å²) in [5.74, 6) is -4.76. The zero-order valence-corrected chi connectivity index (χ0v) is 23.7. The number of anilines is 1. The molecule has 1 saturated carbocycles. The summed E-state index contributed by atoms with van der Waals surface area (Å²) in [7, 11) is 0. The van der Waals surface area contributed by atoms with Crippen LogP contribution in [0.2, 0.25) is 0 Å². The molecule has 3 rings (SSSR count). The molecule has 0 spiro atoms. The first kappa shape index (κ1) is 31.8. The number of alkyl halides is 5. The van der Waals surface area contributed by atoms with Crippen molar-refractivity contribution in [3.05, 3.63) is 23.4 Å². The molecule has 1 aromatic heterocycles. The molecule has 2 amide bonds. The molecule has 3 N–H and O–H groups in total. The molecule has 2 heterocycles. The maximum absolute atomic E-state index is 14.2. The van der Waals surface area contributed by atoms with Crippen LogP contribution in [-0.4, -0.2) is 80.1 Å². The van der Waals surface area contributed by atoms with E-state index in [0.717, 1.165) is 30.0 Å². The highest BCUT2D eigenvalue weighted by molar-refractivity contribution is 7.81. The van der Waals surface area contributed by atoms with Crippen molar-refractivity contribution >= 4 is 40.4 Å². The van der Waals surface area contributed by atoms with Crippen LogP contribution in [0.5, 0.6) is 0 Å². The molecule has 2 fully saturated rings. The van der Waals surface area contributed by atoms with E-state index in [1.54, 1.807) is 0 Å². The minimum Gasteiger partial charge on any atom is -0.389 e. The van der Waals surface area contributed by atoms with Gasteiger partial charge in [-0.2, -0.15) is 13.2 Å². The Bertz CT molecular complexity index is 1180. The van der Waals surface area contributed by atoms with E-state index < -0.39 is 70.6 Å². The molecule has 1 unspecified atom stereocenters. The number of nitrogens with zero attached hydrogens (tertiary/aromatic N) is 3. The first-order chi connectivity index (χ1) is 18.3. The molecule has 14 heteroatoms. The third kappa shape index (κ3) is 8.15. The lowest BCUT2D eigenvalue weighted by Crippen LogP contribution is -2.46. The van der Waals surface area contributed by atoms with E-state index in [1.165, 1.54) is 27.7 Å². The third-order valence-electron chi connectivity index (χ3n) is 6.81. The zero-order chi connectivity index (χ0) is 30.2. The number of aliphatic imine (C=N–C) groups is 1. The first-order valence-electron chi connectivity index (χ1n) is 12.9. The van der Waals surface area contributed by atoms with Crippen LogP contribution in [0.3, 0.4) is 0 Å². The third-order valence-corrected chi connectivity index (χ3v) is 7.25. The van der Waals surface area contributed by atoms with Crippen molar-refractivity contribution in [1.29, 1.82) is 0 Å². The van der Waals surface area contributed by atoms with E-state index in [-0.39, 0.29) is 24.1 Å². The van der Waals surface area contributed by atoms with Gasteiger partial charge in [0.25, 0.3) is 17.7 Å². The Morgan fingerprint density at radius 2 is 1.93 bits per heavy atom. The number of pyridine rings is 1. The normalized spacial score (nSPS) is 21.1. The van der Waals surface area contributed by atoms with Gasteiger partial charge in [0.05, 0.1) is 28.3 Å². The molecule has 1 saturated heterocycles. The van der Waals surface area contributed by atoms with Crippen molar-refractivity contribution in [1.82, 2.24) is 15.2 Å². The molecule has 8 nitrogen and oxygen atoms in total. The van der Waals surface area contributed by atoms with Crippen LogP contribution >= 0.6 is 12.2 Å². The number of hydrogen-bond donors (Lipinski definition) is 3. The second kappa shape index (κ2) is 11.6. The zero-order valence-electron chi connectivity index (χ0n) is 22.9. The molecule has 0 bridgehead atoms. The van der Waals surface area contributed by atoms with Gasteiger partial charge in [-0.15, -0.1) is 0 Å². The van der Waals surface area contributed by atoms with E-state index in [4.69, 9.17) is 12.2 Å². The molecular formula is C26H34F5N5O3S. The monoisotopic (exact) mass is 591 g/mol. The van der Waals surface area contributed by atoms with Crippen LogP contribution < -0.4 is 10.6 Å². The van der Waals surface area contributed by atoms with Crippen LogP contribution in [-0.2, 0) is 15.8 Å². The molecule has 0 aromatic carbocycles. The van der Waals surface area contributed by atoms with Crippen molar-refractivity contribution in [2.24, 2.45) is 10.9 Å². The molecule has 40 heavy (non-hydrogen) atoms.